The second-order valence-corrected chi connectivity index (χ2v) is 7.77. The average Bonchev–Trinajstić information content (AvgIpc) is 2.99. The van der Waals surface area contributed by atoms with Gasteiger partial charge in [0.05, 0.1) is 17.8 Å². The molecule has 3 rings (SSSR count). The highest BCUT2D eigenvalue weighted by Crippen LogP contribution is 2.25. The van der Waals surface area contributed by atoms with Crippen LogP contribution in [0.3, 0.4) is 0 Å². The molecule has 0 aliphatic carbocycles. The van der Waals surface area contributed by atoms with Gasteiger partial charge in [0.2, 0.25) is 0 Å². The van der Waals surface area contributed by atoms with Crippen LogP contribution in [0.4, 0.5) is 20.6 Å². The van der Waals surface area contributed by atoms with E-state index in [9.17, 15) is 23.6 Å². The number of nitrogens with zero attached hydrogens (tertiary/aromatic N) is 1. The number of anilines is 2. The van der Waals surface area contributed by atoms with E-state index in [4.69, 9.17) is 0 Å². The number of hydrogen-bond donors (Lipinski definition) is 3. The Labute approximate surface area is 172 Å². The third-order valence-corrected chi connectivity index (χ3v) is 4.18. The van der Waals surface area contributed by atoms with Crippen molar-refractivity contribution >= 4 is 35.1 Å². The summed E-state index contributed by atoms with van der Waals surface area (Å²) in [4.78, 5) is 49.2. The number of urea groups is 1. The van der Waals surface area contributed by atoms with E-state index < -0.39 is 29.2 Å². The molecule has 8 nitrogen and oxygen atoms in total. The van der Waals surface area contributed by atoms with Gasteiger partial charge in [0.15, 0.2) is 5.82 Å². The number of nitrogens with one attached hydrogen (secondary N) is 3. The Morgan fingerprint density at radius 2 is 1.77 bits per heavy atom. The van der Waals surface area contributed by atoms with Gasteiger partial charge in [-0.3, -0.25) is 14.4 Å². The zero-order chi connectivity index (χ0) is 22.1. The maximum Gasteiger partial charge on any atom is 0.329 e. The van der Waals surface area contributed by atoms with Gasteiger partial charge in [-0.15, -0.1) is 0 Å². The largest absolute Gasteiger partial charge is 0.347 e. The molecule has 1 fully saturated rings. The van der Waals surface area contributed by atoms with Crippen LogP contribution in [0.1, 0.15) is 41.5 Å². The summed E-state index contributed by atoms with van der Waals surface area (Å²) in [7, 11) is 0. The first-order valence-corrected chi connectivity index (χ1v) is 9.20. The Morgan fingerprint density at radius 1 is 1.07 bits per heavy atom. The molecule has 1 aliphatic rings. The van der Waals surface area contributed by atoms with Crippen molar-refractivity contribution in [3.63, 3.8) is 0 Å². The summed E-state index contributed by atoms with van der Waals surface area (Å²) in [5, 5.41) is 7.65. The van der Waals surface area contributed by atoms with Crippen molar-refractivity contribution in [3.8, 4) is 0 Å². The van der Waals surface area contributed by atoms with E-state index in [1.807, 2.05) is 20.8 Å². The van der Waals surface area contributed by atoms with E-state index in [0.29, 0.717) is 16.2 Å². The Morgan fingerprint density at radius 3 is 2.40 bits per heavy atom. The van der Waals surface area contributed by atoms with E-state index in [2.05, 4.69) is 16.0 Å². The summed E-state index contributed by atoms with van der Waals surface area (Å²) in [5.74, 6) is -2.71. The van der Waals surface area contributed by atoms with Crippen LogP contribution in [0.2, 0.25) is 0 Å². The Bertz CT molecular complexity index is 1030. The molecule has 0 spiro atoms. The Kier molecular flexibility index (Phi) is 5.55. The molecular weight excluding hydrogens is 391 g/mol. The second kappa shape index (κ2) is 7.94. The first kappa shape index (κ1) is 21.0. The maximum absolute atomic E-state index is 14.9. The molecule has 0 bridgehead atoms. The molecule has 0 atom stereocenters. The van der Waals surface area contributed by atoms with Crippen LogP contribution in [-0.4, -0.2) is 35.8 Å². The summed E-state index contributed by atoms with van der Waals surface area (Å²) in [6.45, 7) is 5.30. The van der Waals surface area contributed by atoms with Gasteiger partial charge >= 0.3 is 6.03 Å². The predicted octanol–water partition coefficient (Wildman–Crippen LogP) is 2.66. The van der Waals surface area contributed by atoms with Crippen molar-refractivity contribution in [2.24, 2.45) is 0 Å². The molecule has 0 unspecified atom stereocenters. The molecule has 2 aromatic carbocycles. The lowest BCUT2D eigenvalue weighted by atomic mass is 10.1. The highest BCUT2D eigenvalue weighted by atomic mass is 19.1. The lowest BCUT2D eigenvalue weighted by molar-refractivity contribution is -0.115. The topological polar surface area (TPSA) is 108 Å². The van der Waals surface area contributed by atoms with Gasteiger partial charge in [0, 0.05) is 16.8 Å². The van der Waals surface area contributed by atoms with Crippen molar-refractivity contribution in [3.05, 3.63) is 59.4 Å². The molecule has 30 heavy (non-hydrogen) atoms. The summed E-state index contributed by atoms with van der Waals surface area (Å²) in [6.07, 6.45) is 0. The predicted molar refractivity (Wildman–Crippen MR) is 109 cm³/mol. The molecule has 0 radical (unpaired) electrons. The number of hydrogen-bond acceptors (Lipinski definition) is 4. The minimum Gasteiger partial charge on any atom is -0.347 e. The quantitative estimate of drug-likeness (QED) is 0.671. The fraction of sp³-hybridized carbons (Fsp3) is 0.238. The molecular formula is C21H21FN4O4. The molecule has 1 heterocycles. The fourth-order valence-corrected chi connectivity index (χ4v) is 2.88. The second-order valence-electron chi connectivity index (χ2n) is 7.77. The maximum atomic E-state index is 14.9. The van der Waals surface area contributed by atoms with Crippen LogP contribution in [0.5, 0.6) is 0 Å². The van der Waals surface area contributed by atoms with Crippen LogP contribution in [0, 0.1) is 5.82 Å². The lowest BCUT2D eigenvalue weighted by Gasteiger charge is -2.20. The zero-order valence-electron chi connectivity index (χ0n) is 16.7. The van der Waals surface area contributed by atoms with Gasteiger partial charge in [-0.25, -0.2) is 14.1 Å². The van der Waals surface area contributed by atoms with Crippen LogP contribution < -0.4 is 20.9 Å². The first-order chi connectivity index (χ1) is 14.1. The van der Waals surface area contributed by atoms with E-state index in [-0.39, 0.29) is 23.7 Å². The molecule has 2 aromatic rings. The van der Waals surface area contributed by atoms with E-state index in [1.54, 1.807) is 18.2 Å². The Hall–Kier alpha value is -3.75. The standard InChI is InChI=1S/C21H21FN4O4/c1-21(2,3)25-18(28)12-6-4-7-13(10-12)24-19(29)14-8-5-9-15(17(14)22)26-16(27)11-23-20(26)30/h4-10H,11H2,1-3H3,(H,23,30)(H,24,29)(H,25,28). The molecule has 0 aromatic heterocycles. The monoisotopic (exact) mass is 412 g/mol. The first-order valence-electron chi connectivity index (χ1n) is 9.20. The van der Waals surface area contributed by atoms with Gasteiger partial charge in [-0.05, 0) is 51.1 Å². The van der Waals surface area contributed by atoms with Gasteiger partial charge in [0.1, 0.15) is 0 Å². The highest BCUT2D eigenvalue weighted by Gasteiger charge is 2.33. The van der Waals surface area contributed by atoms with Crippen molar-refractivity contribution in [1.82, 2.24) is 10.6 Å². The number of benzene rings is 2. The fourth-order valence-electron chi connectivity index (χ4n) is 2.88. The third-order valence-electron chi connectivity index (χ3n) is 4.18. The minimum atomic E-state index is -0.998. The molecule has 1 saturated heterocycles. The molecule has 156 valence electrons. The van der Waals surface area contributed by atoms with Crippen molar-refractivity contribution < 1.29 is 23.6 Å². The summed E-state index contributed by atoms with van der Waals surface area (Å²) in [6, 6.07) is 9.31. The van der Waals surface area contributed by atoms with E-state index in [1.165, 1.54) is 24.3 Å². The van der Waals surface area contributed by atoms with Gasteiger partial charge in [-0.2, -0.15) is 0 Å². The molecule has 5 amide bonds. The summed E-state index contributed by atoms with van der Waals surface area (Å²) < 4.78 is 14.9. The minimum absolute atomic E-state index is 0.238. The van der Waals surface area contributed by atoms with Crippen molar-refractivity contribution in [2.45, 2.75) is 26.3 Å². The summed E-state index contributed by atoms with van der Waals surface area (Å²) in [5.41, 5.74) is -0.456. The van der Waals surface area contributed by atoms with Crippen LogP contribution in [0.15, 0.2) is 42.5 Å². The average molecular weight is 412 g/mol. The number of halogens is 1. The SMILES string of the molecule is CC(C)(C)NC(=O)c1cccc(NC(=O)c2cccc(N3C(=O)CNC3=O)c2F)c1. The third kappa shape index (κ3) is 4.45. The van der Waals surface area contributed by atoms with Gasteiger partial charge < -0.3 is 16.0 Å². The normalized spacial score (nSPS) is 13.8. The van der Waals surface area contributed by atoms with Crippen LogP contribution in [-0.2, 0) is 4.79 Å². The lowest BCUT2D eigenvalue weighted by Crippen LogP contribution is -2.40. The van der Waals surface area contributed by atoms with Gasteiger partial charge in [0.25, 0.3) is 17.7 Å². The number of carbonyl (C=O) groups excluding carboxylic acids is 4. The molecule has 9 heteroatoms. The molecule has 1 aliphatic heterocycles. The van der Waals surface area contributed by atoms with Crippen molar-refractivity contribution in [1.29, 1.82) is 0 Å². The number of rotatable bonds is 4. The number of imide groups is 1. The van der Waals surface area contributed by atoms with E-state index in [0.717, 1.165) is 0 Å². The summed E-state index contributed by atoms with van der Waals surface area (Å²) >= 11 is 0. The zero-order valence-corrected chi connectivity index (χ0v) is 16.7. The molecule has 0 saturated carbocycles. The van der Waals surface area contributed by atoms with Crippen LogP contribution in [0.25, 0.3) is 0 Å². The van der Waals surface area contributed by atoms with Gasteiger partial charge in [-0.1, -0.05) is 12.1 Å². The highest BCUT2D eigenvalue weighted by molar-refractivity contribution is 6.20. The Balaban J connectivity index is 1.83. The number of amides is 5. The molecule has 3 N–H and O–H groups in total. The van der Waals surface area contributed by atoms with Crippen molar-refractivity contribution in [2.75, 3.05) is 16.8 Å². The van der Waals surface area contributed by atoms with Crippen LogP contribution >= 0.6 is 0 Å². The van der Waals surface area contributed by atoms with E-state index >= 15 is 0 Å². The smallest absolute Gasteiger partial charge is 0.329 e. The number of carbonyl (C=O) groups is 4.